The Bertz CT molecular complexity index is 989. The minimum Gasteiger partial charge on any atom is -0.439 e. The topological polar surface area (TPSA) is 84.2 Å². The molecule has 0 unspecified atom stereocenters. The maximum atomic E-state index is 12.7. The van der Waals surface area contributed by atoms with E-state index >= 15 is 0 Å². The number of hydrogen-bond acceptors (Lipinski definition) is 6. The van der Waals surface area contributed by atoms with Crippen molar-refractivity contribution in [3.8, 4) is 11.5 Å². The maximum absolute atomic E-state index is 12.7. The van der Waals surface area contributed by atoms with Crippen molar-refractivity contribution in [1.82, 2.24) is 19.9 Å². The van der Waals surface area contributed by atoms with E-state index in [-0.39, 0.29) is 11.8 Å². The fourth-order valence-corrected chi connectivity index (χ4v) is 3.80. The van der Waals surface area contributed by atoms with Crippen molar-refractivity contribution in [2.45, 2.75) is 38.6 Å². The summed E-state index contributed by atoms with van der Waals surface area (Å²) < 4.78 is 5.56. The van der Waals surface area contributed by atoms with Crippen LogP contribution in [0.25, 0.3) is 22.2 Å². The van der Waals surface area contributed by atoms with Gasteiger partial charge < -0.3 is 14.6 Å². The third kappa shape index (κ3) is 3.89. The molecule has 0 aromatic carbocycles. The average Bonchev–Trinajstić information content (AvgIpc) is 3.14. The van der Waals surface area contributed by atoms with Crippen LogP contribution in [-0.4, -0.2) is 45.9 Å². The first-order chi connectivity index (χ1) is 13.5. The van der Waals surface area contributed by atoms with Crippen molar-refractivity contribution >= 4 is 22.5 Å². The summed E-state index contributed by atoms with van der Waals surface area (Å²) in [5.41, 5.74) is 0.707. The highest BCUT2D eigenvalue weighted by Gasteiger charge is 2.27. The van der Waals surface area contributed by atoms with Crippen LogP contribution in [-0.2, 0) is 4.79 Å². The Morgan fingerprint density at radius 3 is 2.46 bits per heavy atom. The predicted octanol–water partition coefficient (Wildman–Crippen LogP) is 3.65. The third-order valence-electron chi connectivity index (χ3n) is 5.53. The predicted molar refractivity (Wildman–Crippen MR) is 108 cm³/mol. The van der Waals surface area contributed by atoms with E-state index in [2.05, 4.69) is 39.3 Å². The summed E-state index contributed by atoms with van der Waals surface area (Å²) in [7, 11) is 4.21. The van der Waals surface area contributed by atoms with E-state index in [9.17, 15) is 4.79 Å². The van der Waals surface area contributed by atoms with Gasteiger partial charge in [-0.05, 0) is 57.3 Å². The zero-order valence-electron chi connectivity index (χ0n) is 16.5. The molecule has 0 radical (unpaired) electrons. The molecule has 1 amide bonds. The van der Waals surface area contributed by atoms with Crippen LogP contribution in [0.15, 0.2) is 35.1 Å². The Balaban J connectivity index is 1.49. The SMILES string of the molecule is Cc1ncc(-c2cc3cc(NC(=O)C4CCC(N(C)C)CC4)ncc3cn2)o1. The van der Waals surface area contributed by atoms with Gasteiger partial charge in [0, 0.05) is 36.7 Å². The highest BCUT2D eigenvalue weighted by atomic mass is 16.4. The first kappa shape index (κ1) is 18.6. The Morgan fingerprint density at radius 2 is 1.79 bits per heavy atom. The number of carbonyl (C=O) groups excluding carboxylic acids is 1. The van der Waals surface area contributed by atoms with Crippen LogP contribution in [0.2, 0.25) is 0 Å². The van der Waals surface area contributed by atoms with Gasteiger partial charge in [-0.15, -0.1) is 0 Å². The van der Waals surface area contributed by atoms with Gasteiger partial charge in [0.1, 0.15) is 11.5 Å². The molecule has 3 aromatic heterocycles. The largest absolute Gasteiger partial charge is 0.439 e. The second-order valence-electron chi connectivity index (χ2n) is 7.69. The lowest BCUT2D eigenvalue weighted by atomic mass is 9.85. The number of anilines is 1. The van der Waals surface area contributed by atoms with Crippen molar-refractivity contribution < 1.29 is 9.21 Å². The molecule has 7 nitrogen and oxygen atoms in total. The van der Waals surface area contributed by atoms with Gasteiger partial charge in [-0.1, -0.05) is 0 Å². The van der Waals surface area contributed by atoms with Gasteiger partial charge in [0.25, 0.3) is 0 Å². The molecule has 3 aromatic rings. The lowest BCUT2D eigenvalue weighted by molar-refractivity contribution is -0.121. The van der Waals surface area contributed by atoms with Gasteiger partial charge in [-0.2, -0.15) is 0 Å². The number of aromatic nitrogens is 3. The summed E-state index contributed by atoms with van der Waals surface area (Å²) in [4.78, 5) is 27.8. The summed E-state index contributed by atoms with van der Waals surface area (Å²) in [6, 6.07) is 4.38. The van der Waals surface area contributed by atoms with E-state index in [0.29, 0.717) is 29.2 Å². The van der Waals surface area contributed by atoms with Crippen LogP contribution in [0, 0.1) is 12.8 Å². The molecule has 0 atom stereocenters. The number of amides is 1. The van der Waals surface area contributed by atoms with Gasteiger partial charge in [0.15, 0.2) is 11.7 Å². The van der Waals surface area contributed by atoms with Gasteiger partial charge in [0.05, 0.1) is 6.20 Å². The summed E-state index contributed by atoms with van der Waals surface area (Å²) in [6.07, 6.45) is 9.10. The molecule has 4 rings (SSSR count). The van der Waals surface area contributed by atoms with E-state index in [1.54, 1.807) is 25.5 Å². The summed E-state index contributed by atoms with van der Waals surface area (Å²) in [5.74, 6) is 1.91. The summed E-state index contributed by atoms with van der Waals surface area (Å²) in [5, 5.41) is 4.84. The number of nitrogens with one attached hydrogen (secondary N) is 1. The highest BCUT2D eigenvalue weighted by Crippen LogP contribution is 2.28. The second-order valence-corrected chi connectivity index (χ2v) is 7.69. The first-order valence-electron chi connectivity index (χ1n) is 9.65. The van der Waals surface area contributed by atoms with Crippen molar-refractivity contribution in [2.75, 3.05) is 19.4 Å². The van der Waals surface area contributed by atoms with Crippen LogP contribution in [0.1, 0.15) is 31.6 Å². The minimum atomic E-state index is 0.0545. The molecule has 1 aliphatic carbocycles. The number of hydrogen-bond donors (Lipinski definition) is 1. The second kappa shape index (κ2) is 7.67. The van der Waals surface area contributed by atoms with Gasteiger partial charge in [-0.25, -0.2) is 9.97 Å². The van der Waals surface area contributed by atoms with E-state index in [4.69, 9.17) is 4.42 Å². The quantitative estimate of drug-likeness (QED) is 0.745. The van der Waals surface area contributed by atoms with Crippen molar-refractivity contribution in [2.24, 2.45) is 5.92 Å². The number of aryl methyl sites for hydroxylation is 1. The maximum Gasteiger partial charge on any atom is 0.228 e. The molecule has 0 bridgehead atoms. The van der Waals surface area contributed by atoms with E-state index in [1.807, 2.05) is 12.1 Å². The number of rotatable bonds is 4. The van der Waals surface area contributed by atoms with Crippen LogP contribution < -0.4 is 5.32 Å². The molecular formula is C21H25N5O2. The molecule has 0 saturated heterocycles. The van der Waals surface area contributed by atoms with Crippen LogP contribution in [0.4, 0.5) is 5.82 Å². The molecule has 28 heavy (non-hydrogen) atoms. The molecule has 1 aliphatic rings. The van der Waals surface area contributed by atoms with E-state index in [0.717, 1.165) is 36.5 Å². The number of nitrogens with zero attached hydrogens (tertiary/aromatic N) is 4. The molecule has 3 heterocycles. The number of pyridine rings is 2. The average molecular weight is 379 g/mol. The molecule has 1 N–H and O–H groups in total. The van der Waals surface area contributed by atoms with Crippen molar-refractivity contribution in [3.63, 3.8) is 0 Å². The van der Waals surface area contributed by atoms with Crippen LogP contribution in [0.5, 0.6) is 0 Å². The third-order valence-corrected chi connectivity index (χ3v) is 5.53. The lowest BCUT2D eigenvalue weighted by Gasteiger charge is -2.31. The monoisotopic (exact) mass is 379 g/mol. The van der Waals surface area contributed by atoms with Crippen molar-refractivity contribution in [1.29, 1.82) is 0 Å². The number of carbonyl (C=O) groups is 1. The fraction of sp³-hybridized carbons (Fsp3) is 0.429. The zero-order chi connectivity index (χ0) is 19.7. The van der Waals surface area contributed by atoms with Crippen LogP contribution >= 0.6 is 0 Å². The standard InChI is InChI=1S/C21H25N5O2/c1-13-22-12-19(28-13)18-8-15-9-20(24-11-16(15)10-23-18)25-21(27)14-4-6-17(7-5-14)26(2)3/h8-12,14,17H,4-7H2,1-3H3,(H,24,25,27). The van der Waals surface area contributed by atoms with Gasteiger partial charge in [-0.3, -0.25) is 9.78 Å². The minimum absolute atomic E-state index is 0.0545. The smallest absolute Gasteiger partial charge is 0.228 e. The highest BCUT2D eigenvalue weighted by molar-refractivity contribution is 5.94. The lowest BCUT2D eigenvalue weighted by Crippen LogP contribution is -2.35. The first-order valence-corrected chi connectivity index (χ1v) is 9.65. The number of oxazole rings is 1. The van der Waals surface area contributed by atoms with Gasteiger partial charge >= 0.3 is 0 Å². The van der Waals surface area contributed by atoms with Crippen LogP contribution in [0.3, 0.4) is 0 Å². The molecule has 0 spiro atoms. The molecule has 146 valence electrons. The molecule has 1 fully saturated rings. The Kier molecular flexibility index (Phi) is 5.09. The van der Waals surface area contributed by atoms with E-state index < -0.39 is 0 Å². The molecule has 7 heteroatoms. The normalized spacial score (nSPS) is 19.9. The summed E-state index contributed by atoms with van der Waals surface area (Å²) >= 11 is 0. The van der Waals surface area contributed by atoms with E-state index in [1.165, 1.54) is 0 Å². The van der Waals surface area contributed by atoms with Crippen molar-refractivity contribution in [3.05, 3.63) is 36.6 Å². The van der Waals surface area contributed by atoms with Gasteiger partial charge in [0.2, 0.25) is 5.91 Å². The fourth-order valence-electron chi connectivity index (χ4n) is 3.80. The molecule has 0 aliphatic heterocycles. The Labute approximate surface area is 164 Å². The molecular weight excluding hydrogens is 354 g/mol. The summed E-state index contributed by atoms with van der Waals surface area (Å²) in [6.45, 7) is 1.80. The number of fused-ring (bicyclic) bond motifs is 1. The Morgan fingerprint density at radius 1 is 1.04 bits per heavy atom. The zero-order valence-corrected chi connectivity index (χ0v) is 16.5. The molecule has 1 saturated carbocycles. The Hall–Kier alpha value is -2.80.